The van der Waals surface area contributed by atoms with Crippen molar-refractivity contribution in [1.82, 2.24) is 4.57 Å². The Kier molecular flexibility index (Phi) is 7.20. The molecule has 3 heteroatoms. The van der Waals surface area contributed by atoms with Crippen molar-refractivity contribution in [2.45, 2.75) is 26.8 Å². The van der Waals surface area contributed by atoms with Gasteiger partial charge in [0, 0.05) is 29.6 Å². The number of hydrogen-bond acceptors (Lipinski definition) is 2. The summed E-state index contributed by atoms with van der Waals surface area (Å²) in [6, 6.07) is 18.8. The van der Waals surface area contributed by atoms with E-state index in [2.05, 4.69) is 55.1 Å². The summed E-state index contributed by atoms with van der Waals surface area (Å²) in [5.74, 6) is 0.836. The predicted octanol–water partition coefficient (Wildman–Crippen LogP) is 7.64. The van der Waals surface area contributed by atoms with Gasteiger partial charge >= 0.3 is 0 Å². The Hall–Kier alpha value is -2.91. The highest BCUT2D eigenvalue weighted by atomic mass is 32.1. The summed E-state index contributed by atoms with van der Waals surface area (Å²) in [4.78, 5) is 0. The third-order valence-corrected chi connectivity index (χ3v) is 5.10. The van der Waals surface area contributed by atoms with Gasteiger partial charge in [-0.2, -0.15) is 0 Å². The van der Waals surface area contributed by atoms with E-state index in [1.165, 1.54) is 0 Å². The molecule has 2 aromatic carbocycles. The van der Waals surface area contributed by atoms with Gasteiger partial charge in [-0.05, 0) is 50.1 Å². The van der Waals surface area contributed by atoms with Crippen LogP contribution in [0.5, 0.6) is 5.75 Å². The molecule has 0 unspecified atom stereocenters. The summed E-state index contributed by atoms with van der Waals surface area (Å²) in [6.07, 6.45) is 12.3. The van der Waals surface area contributed by atoms with Crippen LogP contribution in [0.25, 0.3) is 22.3 Å². The quantitative estimate of drug-likeness (QED) is 0.298. The van der Waals surface area contributed by atoms with Crippen molar-refractivity contribution >= 4 is 12.2 Å². The summed E-state index contributed by atoms with van der Waals surface area (Å²) in [7, 11) is 0. The SMILES string of the molecule is CC=CC=CCOc1cccc(-c2cn(C(C)C)cc(-c3ccccc3)c2=S)c1. The van der Waals surface area contributed by atoms with Gasteiger partial charge in [-0.1, -0.05) is 72.9 Å². The first-order valence-electron chi connectivity index (χ1n) is 9.92. The maximum absolute atomic E-state index is 5.91. The highest BCUT2D eigenvalue weighted by Crippen LogP contribution is 2.31. The van der Waals surface area contributed by atoms with Gasteiger partial charge in [0.1, 0.15) is 12.4 Å². The van der Waals surface area contributed by atoms with Crippen LogP contribution in [0, 0.1) is 4.51 Å². The number of ether oxygens (including phenoxy) is 1. The van der Waals surface area contributed by atoms with Crippen molar-refractivity contribution < 1.29 is 4.74 Å². The first kappa shape index (κ1) is 20.8. The molecular formula is C26H27NOS. The van der Waals surface area contributed by atoms with E-state index in [-0.39, 0.29) is 0 Å². The molecule has 0 aliphatic heterocycles. The molecular weight excluding hydrogens is 374 g/mol. The molecule has 29 heavy (non-hydrogen) atoms. The average molecular weight is 402 g/mol. The number of aromatic nitrogens is 1. The van der Waals surface area contributed by atoms with Gasteiger partial charge in [0.2, 0.25) is 0 Å². The van der Waals surface area contributed by atoms with Crippen molar-refractivity contribution in [3.63, 3.8) is 0 Å². The molecule has 0 saturated carbocycles. The number of nitrogens with zero attached hydrogens (tertiary/aromatic N) is 1. The molecule has 0 N–H and O–H groups in total. The molecule has 0 aliphatic carbocycles. The van der Waals surface area contributed by atoms with Crippen LogP contribution in [0.2, 0.25) is 0 Å². The van der Waals surface area contributed by atoms with Crippen LogP contribution in [-0.4, -0.2) is 11.2 Å². The Morgan fingerprint density at radius 3 is 2.31 bits per heavy atom. The van der Waals surface area contributed by atoms with Gasteiger partial charge in [-0.15, -0.1) is 0 Å². The Balaban J connectivity index is 2.01. The fourth-order valence-corrected chi connectivity index (χ4v) is 3.41. The van der Waals surface area contributed by atoms with Gasteiger partial charge in [-0.25, -0.2) is 0 Å². The number of benzene rings is 2. The van der Waals surface area contributed by atoms with E-state index >= 15 is 0 Å². The topological polar surface area (TPSA) is 14.2 Å². The Labute approximate surface area is 178 Å². The number of hydrogen-bond donors (Lipinski definition) is 0. The molecule has 0 atom stereocenters. The third kappa shape index (κ3) is 5.33. The summed E-state index contributed by atoms with van der Waals surface area (Å²) in [6.45, 7) is 6.88. The van der Waals surface area contributed by atoms with E-state index in [0.29, 0.717) is 12.6 Å². The zero-order valence-corrected chi connectivity index (χ0v) is 18.0. The monoisotopic (exact) mass is 401 g/mol. The molecule has 148 valence electrons. The summed E-state index contributed by atoms with van der Waals surface area (Å²) in [5.41, 5.74) is 4.32. The Morgan fingerprint density at radius 1 is 0.931 bits per heavy atom. The molecule has 0 bridgehead atoms. The van der Waals surface area contributed by atoms with Gasteiger partial charge < -0.3 is 9.30 Å². The normalized spacial score (nSPS) is 11.6. The average Bonchev–Trinajstić information content (AvgIpc) is 2.74. The number of pyridine rings is 1. The fourth-order valence-electron chi connectivity index (χ4n) is 3.07. The molecule has 3 rings (SSSR count). The molecule has 2 nitrogen and oxygen atoms in total. The molecule has 0 spiro atoms. The largest absolute Gasteiger partial charge is 0.490 e. The first-order valence-corrected chi connectivity index (χ1v) is 10.3. The van der Waals surface area contributed by atoms with Crippen LogP contribution in [0.15, 0.2) is 91.3 Å². The minimum absolute atomic E-state index is 0.336. The maximum atomic E-state index is 5.91. The van der Waals surface area contributed by atoms with Gasteiger partial charge in [-0.3, -0.25) is 0 Å². The fraction of sp³-hybridized carbons (Fsp3) is 0.192. The van der Waals surface area contributed by atoms with E-state index in [9.17, 15) is 0 Å². The zero-order valence-electron chi connectivity index (χ0n) is 17.2. The second-order valence-corrected chi connectivity index (χ2v) is 7.52. The standard InChI is InChI=1S/C26H27NOS/c1-4-5-6-10-16-28-23-15-11-14-22(17-23)25-19-27(20(2)3)18-24(26(25)29)21-12-8-7-9-13-21/h4-15,17-20H,16H2,1-3H3. The lowest BCUT2D eigenvalue weighted by molar-refractivity contribution is 0.363. The number of rotatable bonds is 7. The van der Waals surface area contributed by atoms with Crippen LogP contribution < -0.4 is 4.74 Å². The Bertz CT molecular complexity index is 1060. The zero-order chi connectivity index (χ0) is 20.6. The van der Waals surface area contributed by atoms with E-state index in [0.717, 1.165) is 32.5 Å². The molecule has 1 aromatic heterocycles. The highest BCUT2D eigenvalue weighted by Gasteiger charge is 2.11. The van der Waals surface area contributed by atoms with Crippen LogP contribution in [-0.2, 0) is 0 Å². The van der Waals surface area contributed by atoms with Gasteiger partial charge in [0.25, 0.3) is 0 Å². The highest BCUT2D eigenvalue weighted by molar-refractivity contribution is 7.71. The van der Waals surface area contributed by atoms with E-state index in [1.54, 1.807) is 0 Å². The number of allylic oxidation sites excluding steroid dienone is 3. The summed E-state index contributed by atoms with van der Waals surface area (Å²) >= 11 is 5.91. The summed E-state index contributed by atoms with van der Waals surface area (Å²) in [5, 5.41) is 0. The second kappa shape index (κ2) is 10.0. The van der Waals surface area contributed by atoms with Crippen LogP contribution >= 0.6 is 12.2 Å². The molecule has 1 heterocycles. The van der Waals surface area contributed by atoms with Crippen molar-refractivity contribution in [3.05, 3.63) is 95.8 Å². The van der Waals surface area contributed by atoms with Crippen LogP contribution in [0.1, 0.15) is 26.8 Å². The van der Waals surface area contributed by atoms with Crippen molar-refractivity contribution in [2.24, 2.45) is 0 Å². The smallest absolute Gasteiger partial charge is 0.120 e. The molecule has 0 radical (unpaired) electrons. The Morgan fingerprint density at radius 2 is 1.62 bits per heavy atom. The lowest BCUT2D eigenvalue weighted by Gasteiger charge is -2.17. The maximum Gasteiger partial charge on any atom is 0.120 e. The van der Waals surface area contributed by atoms with E-state index in [1.807, 2.05) is 61.6 Å². The molecule has 0 saturated heterocycles. The van der Waals surface area contributed by atoms with Crippen molar-refractivity contribution in [2.75, 3.05) is 6.61 Å². The lowest BCUT2D eigenvalue weighted by Crippen LogP contribution is -2.03. The minimum Gasteiger partial charge on any atom is -0.490 e. The van der Waals surface area contributed by atoms with Crippen LogP contribution in [0.4, 0.5) is 0 Å². The predicted molar refractivity (Wildman–Crippen MR) is 126 cm³/mol. The molecule has 0 amide bonds. The molecule has 0 aliphatic rings. The summed E-state index contributed by atoms with van der Waals surface area (Å²) < 4.78 is 8.97. The van der Waals surface area contributed by atoms with Crippen molar-refractivity contribution in [1.29, 1.82) is 0 Å². The molecule has 0 fully saturated rings. The second-order valence-electron chi connectivity index (χ2n) is 7.11. The van der Waals surface area contributed by atoms with Crippen molar-refractivity contribution in [3.8, 4) is 28.0 Å². The van der Waals surface area contributed by atoms with Crippen LogP contribution in [0.3, 0.4) is 0 Å². The van der Waals surface area contributed by atoms with Gasteiger partial charge in [0.15, 0.2) is 0 Å². The van der Waals surface area contributed by atoms with E-state index < -0.39 is 0 Å². The van der Waals surface area contributed by atoms with E-state index in [4.69, 9.17) is 17.0 Å². The minimum atomic E-state index is 0.336. The first-order chi connectivity index (χ1) is 14.1. The molecule has 3 aromatic rings. The van der Waals surface area contributed by atoms with Gasteiger partial charge in [0.05, 0.1) is 4.51 Å². The lowest BCUT2D eigenvalue weighted by atomic mass is 10.0. The third-order valence-electron chi connectivity index (χ3n) is 4.66.